The van der Waals surface area contributed by atoms with Gasteiger partial charge in [0.15, 0.2) is 6.29 Å². The Kier molecular flexibility index (Phi) is 6.80. The number of piperidine rings is 1. The van der Waals surface area contributed by atoms with Gasteiger partial charge in [-0.3, -0.25) is 0 Å². The summed E-state index contributed by atoms with van der Waals surface area (Å²) in [5, 5.41) is 23.8. The van der Waals surface area contributed by atoms with Gasteiger partial charge in [0, 0.05) is 43.3 Å². The van der Waals surface area contributed by atoms with E-state index < -0.39 is 6.29 Å². The third-order valence-corrected chi connectivity index (χ3v) is 6.52. The van der Waals surface area contributed by atoms with Crippen LogP contribution in [0.4, 0.5) is 0 Å². The number of carbonyl (C=O) groups is 1. The maximum absolute atomic E-state index is 12.7. The molecule has 1 fully saturated rings. The summed E-state index contributed by atoms with van der Waals surface area (Å²) < 4.78 is 7.75. The molecule has 4 heterocycles. The van der Waals surface area contributed by atoms with Crippen LogP contribution < -0.4 is 15.4 Å². The van der Waals surface area contributed by atoms with Crippen molar-refractivity contribution < 1.29 is 25.1 Å². The van der Waals surface area contributed by atoms with E-state index in [2.05, 4.69) is 15.2 Å². The number of benzene rings is 1. The topological polar surface area (TPSA) is 116 Å². The Morgan fingerprint density at radius 2 is 2.06 bits per heavy atom. The minimum absolute atomic E-state index is 0.0228. The van der Waals surface area contributed by atoms with Crippen LogP contribution in [-0.4, -0.2) is 56.6 Å². The molecule has 35 heavy (non-hydrogen) atoms. The van der Waals surface area contributed by atoms with Crippen LogP contribution in [0.5, 0.6) is 5.75 Å². The van der Waals surface area contributed by atoms with E-state index in [1.807, 2.05) is 34.9 Å². The second-order valence-corrected chi connectivity index (χ2v) is 8.95. The summed E-state index contributed by atoms with van der Waals surface area (Å²) in [6.07, 6.45) is 9.94. The van der Waals surface area contributed by atoms with Gasteiger partial charge in [0.1, 0.15) is 22.9 Å². The predicted molar refractivity (Wildman–Crippen MR) is 129 cm³/mol. The first-order chi connectivity index (χ1) is 17.0. The van der Waals surface area contributed by atoms with Crippen LogP contribution in [0.15, 0.2) is 78.7 Å². The Labute approximate surface area is 203 Å². The highest BCUT2D eigenvalue weighted by atomic mass is 16.5. The number of rotatable bonds is 7. The van der Waals surface area contributed by atoms with E-state index in [-0.39, 0.29) is 5.91 Å². The molecule has 0 radical (unpaired) electrons. The summed E-state index contributed by atoms with van der Waals surface area (Å²) >= 11 is 0. The molecular weight excluding hydrogens is 446 g/mol. The maximum atomic E-state index is 12.7. The molecule has 1 amide bonds. The molecule has 0 bridgehead atoms. The molecule has 0 atom stereocenters. The molecule has 9 heteroatoms. The molecule has 1 saturated heterocycles. The monoisotopic (exact) mass is 476 g/mol. The minimum atomic E-state index is -1.49. The lowest BCUT2D eigenvalue weighted by Crippen LogP contribution is -2.87. The number of nitrogens with one attached hydrogen (secondary N) is 1. The highest BCUT2D eigenvalue weighted by Crippen LogP contribution is 2.23. The average molecular weight is 477 g/mol. The second-order valence-electron chi connectivity index (χ2n) is 8.95. The first-order valence-corrected chi connectivity index (χ1v) is 11.9. The number of fused-ring (bicyclic) bond motifs is 1. The van der Waals surface area contributed by atoms with Crippen LogP contribution in [0.25, 0.3) is 5.65 Å². The van der Waals surface area contributed by atoms with Crippen molar-refractivity contribution in [2.75, 3.05) is 26.2 Å². The van der Waals surface area contributed by atoms with Crippen molar-refractivity contribution in [3.8, 4) is 5.75 Å². The van der Waals surface area contributed by atoms with E-state index >= 15 is 0 Å². The van der Waals surface area contributed by atoms with Gasteiger partial charge in [0.2, 0.25) is 0 Å². The zero-order valence-corrected chi connectivity index (χ0v) is 19.4. The fourth-order valence-electron chi connectivity index (χ4n) is 4.45. The van der Waals surface area contributed by atoms with E-state index in [0.29, 0.717) is 35.9 Å². The Morgan fingerprint density at radius 1 is 1.20 bits per heavy atom. The summed E-state index contributed by atoms with van der Waals surface area (Å²) in [6.45, 7) is 3.08. The van der Waals surface area contributed by atoms with Crippen LogP contribution in [0.3, 0.4) is 0 Å². The Bertz CT molecular complexity index is 1260. The Balaban J connectivity index is 1.10. The van der Waals surface area contributed by atoms with Crippen molar-refractivity contribution in [1.29, 1.82) is 0 Å². The summed E-state index contributed by atoms with van der Waals surface area (Å²) in [7, 11) is 0. The normalized spacial score (nSPS) is 16.7. The number of likely N-dealkylation sites (tertiary alicyclic amines) is 1. The molecule has 1 aromatic carbocycles. The summed E-state index contributed by atoms with van der Waals surface area (Å²) in [4.78, 5) is 19.2. The number of hydrogen-bond acceptors (Lipinski definition) is 7. The third kappa shape index (κ3) is 5.54. The van der Waals surface area contributed by atoms with Crippen molar-refractivity contribution in [2.24, 2.45) is 5.92 Å². The number of nitrogens with two attached hydrogens (primary N) is 1. The molecule has 0 unspecified atom stereocenters. The number of pyridine rings is 1. The van der Waals surface area contributed by atoms with Crippen molar-refractivity contribution in [3.63, 3.8) is 0 Å². The summed E-state index contributed by atoms with van der Waals surface area (Å²) in [5.41, 5.74) is 2.83. The molecule has 3 aromatic rings. The number of quaternary nitrogens is 1. The number of allylic oxidation sites excluding steroid dienone is 2. The zero-order valence-electron chi connectivity index (χ0n) is 19.4. The van der Waals surface area contributed by atoms with E-state index in [0.717, 1.165) is 43.1 Å². The number of dihydropyridines is 1. The largest absolute Gasteiger partial charge is 0.493 e. The number of aliphatic hydroxyl groups is 2. The zero-order chi connectivity index (χ0) is 24.2. The van der Waals surface area contributed by atoms with Crippen LogP contribution in [0.2, 0.25) is 0 Å². The standard InChI is InChI=1S/C26H29N5O4/c32-25(20-4-6-23-27-10-13-31(23)16-20)29-21-5-7-24(28-15-21)30-11-8-18(9-12-30)17-35-22-3-1-2-19(14-22)26(33)34/h1-7,10,13-14,16,18,26,28,33-34H,8-9,11-12,15,17H2,(H,29,32)/p+1. The Hall–Kier alpha value is -3.66. The van der Waals surface area contributed by atoms with Crippen molar-refractivity contribution in [2.45, 2.75) is 19.1 Å². The molecule has 2 aromatic heterocycles. The molecule has 0 saturated carbocycles. The van der Waals surface area contributed by atoms with Gasteiger partial charge in [0.25, 0.3) is 0 Å². The average Bonchev–Trinajstić information content (AvgIpc) is 3.36. The Morgan fingerprint density at radius 3 is 2.83 bits per heavy atom. The lowest BCUT2D eigenvalue weighted by Gasteiger charge is -2.35. The van der Waals surface area contributed by atoms with Gasteiger partial charge in [-0.1, -0.05) is 12.1 Å². The lowest BCUT2D eigenvalue weighted by atomic mass is 9.97. The van der Waals surface area contributed by atoms with Crippen LogP contribution in [0, 0.1) is 5.92 Å². The van der Waals surface area contributed by atoms with Gasteiger partial charge in [-0.25, -0.2) is 15.1 Å². The SMILES string of the molecule is O=C([NH2+]C1=CC=C(N2CCC(COc3cccc(C(O)O)c3)CC2)NC1)c1ccc2nccn2c1. The number of ether oxygens (including phenoxy) is 1. The molecule has 182 valence electrons. The fourth-order valence-corrected chi connectivity index (χ4v) is 4.45. The van der Waals surface area contributed by atoms with Crippen LogP contribution in [-0.2, 0) is 0 Å². The third-order valence-electron chi connectivity index (χ3n) is 6.52. The first-order valence-electron chi connectivity index (χ1n) is 11.9. The number of amides is 1. The first kappa shape index (κ1) is 23.1. The minimum Gasteiger partial charge on any atom is -0.493 e. The van der Waals surface area contributed by atoms with E-state index in [9.17, 15) is 15.0 Å². The molecular formula is C26H30N5O4+. The molecule has 0 spiro atoms. The lowest BCUT2D eigenvalue weighted by molar-refractivity contribution is -0.503. The van der Waals surface area contributed by atoms with Gasteiger partial charge >= 0.3 is 5.91 Å². The molecule has 5 rings (SSSR count). The summed E-state index contributed by atoms with van der Waals surface area (Å²) in [6, 6.07) is 10.6. The molecule has 5 N–H and O–H groups in total. The van der Waals surface area contributed by atoms with Gasteiger partial charge in [-0.15, -0.1) is 0 Å². The molecule has 9 nitrogen and oxygen atoms in total. The summed E-state index contributed by atoms with van der Waals surface area (Å²) in [5.74, 6) is 2.16. The van der Waals surface area contributed by atoms with Gasteiger partial charge in [0.05, 0.1) is 18.7 Å². The number of aliphatic hydroxyl groups excluding tert-OH is 1. The molecule has 2 aliphatic rings. The van der Waals surface area contributed by atoms with Crippen LogP contribution in [0.1, 0.15) is 35.1 Å². The van der Waals surface area contributed by atoms with E-state index in [4.69, 9.17) is 4.74 Å². The predicted octanol–water partition coefficient (Wildman–Crippen LogP) is 1.14. The highest BCUT2D eigenvalue weighted by Gasteiger charge is 2.23. The quantitative estimate of drug-likeness (QED) is 0.378. The number of nitrogens with zero attached hydrogens (tertiary/aromatic N) is 3. The number of primary amides is 1. The van der Waals surface area contributed by atoms with Gasteiger partial charge < -0.3 is 29.6 Å². The molecule has 0 aliphatic carbocycles. The fraction of sp³-hybridized carbons (Fsp3) is 0.308. The molecule has 2 aliphatic heterocycles. The maximum Gasteiger partial charge on any atom is 0.348 e. The van der Waals surface area contributed by atoms with Crippen molar-refractivity contribution in [1.82, 2.24) is 19.6 Å². The van der Waals surface area contributed by atoms with E-state index in [1.54, 1.807) is 42.0 Å². The number of aromatic nitrogens is 2. The van der Waals surface area contributed by atoms with Gasteiger partial charge in [-0.2, -0.15) is 0 Å². The number of imidazole rings is 1. The van der Waals surface area contributed by atoms with E-state index in [1.165, 1.54) is 0 Å². The van der Waals surface area contributed by atoms with Crippen molar-refractivity contribution in [3.05, 3.63) is 89.8 Å². The van der Waals surface area contributed by atoms with Crippen LogP contribution >= 0.6 is 0 Å². The highest BCUT2D eigenvalue weighted by molar-refractivity contribution is 5.87. The van der Waals surface area contributed by atoms with Crippen molar-refractivity contribution >= 4 is 11.6 Å². The second kappa shape index (κ2) is 10.3. The number of carbonyl (C=O) groups excluding carboxylic acids is 1. The van der Waals surface area contributed by atoms with Gasteiger partial charge in [-0.05, 0) is 49.1 Å². The smallest absolute Gasteiger partial charge is 0.348 e. The number of hydrogen-bond donors (Lipinski definition) is 4.